The van der Waals surface area contributed by atoms with Crippen LogP contribution in [0.1, 0.15) is 32.7 Å². The molecule has 1 N–H and O–H groups in total. The molecule has 1 saturated heterocycles. The third-order valence-corrected chi connectivity index (χ3v) is 5.57. The number of aromatic amines is 1. The Labute approximate surface area is 160 Å². The Morgan fingerprint density at radius 1 is 1.11 bits per heavy atom. The lowest BCUT2D eigenvalue weighted by atomic mass is 10.0. The number of aryl methyl sites for hydroxylation is 3. The number of amides is 1. The Morgan fingerprint density at radius 3 is 2.59 bits per heavy atom. The number of carbonyl (C=O) groups is 1. The fourth-order valence-electron chi connectivity index (χ4n) is 4.08. The van der Waals surface area contributed by atoms with Crippen molar-refractivity contribution in [3.63, 3.8) is 0 Å². The monoisotopic (exact) mass is 362 g/mol. The maximum absolute atomic E-state index is 13.2. The summed E-state index contributed by atoms with van der Waals surface area (Å²) in [5, 5.41) is 1.17. The number of nitrogens with one attached hydrogen (secondary N) is 1. The molecular formula is C23H26N2O2. The Morgan fingerprint density at radius 2 is 1.85 bits per heavy atom. The molecule has 0 bridgehead atoms. The minimum Gasteiger partial charge on any atom is -0.374 e. The van der Waals surface area contributed by atoms with E-state index in [1.807, 2.05) is 30.0 Å². The van der Waals surface area contributed by atoms with Gasteiger partial charge in [-0.3, -0.25) is 4.79 Å². The van der Waals surface area contributed by atoms with Gasteiger partial charge in [-0.15, -0.1) is 0 Å². The van der Waals surface area contributed by atoms with Crippen LogP contribution in [-0.4, -0.2) is 41.6 Å². The number of fused-ring (bicyclic) bond motifs is 1. The van der Waals surface area contributed by atoms with E-state index in [4.69, 9.17) is 4.74 Å². The fourth-order valence-corrected chi connectivity index (χ4v) is 4.08. The Balaban J connectivity index is 1.57. The maximum Gasteiger partial charge on any atom is 0.270 e. The third-order valence-electron chi connectivity index (χ3n) is 5.57. The molecule has 1 fully saturated rings. The summed E-state index contributed by atoms with van der Waals surface area (Å²) >= 11 is 0. The van der Waals surface area contributed by atoms with E-state index in [0.717, 1.165) is 17.5 Å². The number of ether oxygens (including phenoxy) is 1. The lowest BCUT2D eigenvalue weighted by Gasteiger charge is -2.33. The van der Waals surface area contributed by atoms with Crippen LogP contribution in [0.3, 0.4) is 0 Å². The van der Waals surface area contributed by atoms with Gasteiger partial charge in [0.25, 0.3) is 5.91 Å². The molecule has 2 heterocycles. The van der Waals surface area contributed by atoms with E-state index >= 15 is 0 Å². The van der Waals surface area contributed by atoms with E-state index in [1.54, 1.807) is 0 Å². The quantitative estimate of drug-likeness (QED) is 0.760. The maximum atomic E-state index is 13.2. The van der Waals surface area contributed by atoms with Gasteiger partial charge >= 0.3 is 0 Å². The van der Waals surface area contributed by atoms with E-state index in [2.05, 4.69) is 43.1 Å². The first-order chi connectivity index (χ1) is 13.0. The Kier molecular flexibility index (Phi) is 4.75. The summed E-state index contributed by atoms with van der Waals surface area (Å²) in [4.78, 5) is 18.6. The SMILES string of the molecule is Cc1ccc(C)c2c(C)c(C(=O)N3CCO[C@@H](Cc4ccccc4)C3)[nH]c12. The molecule has 0 radical (unpaired) electrons. The van der Waals surface area contributed by atoms with Gasteiger partial charge in [0.15, 0.2) is 0 Å². The molecule has 1 aliphatic heterocycles. The van der Waals surface area contributed by atoms with Crippen LogP contribution >= 0.6 is 0 Å². The lowest BCUT2D eigenvalue weighted by molar-refractivity contribution is -0.0210. The Hall–Kier alpha value is -2.59. The zero-order valence-corrected chi connectivity index (χ0v) is 16.2. The van der Waals surface area contributed by atoms with Crippen LogP contribution in [-0.2, 0) is 11.2 Å². The summed E-state index contributed by atoms with van der Waals surface area (Å²) in [6, 6.07) is 14.5. The summed E-state index contributed by atoms with van der Waals surface area (Å²) in [7, 11) is 0. The van der Waals surface area contributed by atoms with E-state index in [-0.39, 0.29) is 12.0 Å². The molecule has 4 heteroatoms. The van der Waals surface area contributed by atoms with Gasteiger partial charge in [0.05, 0.1) is 12.7 Å². The first-order valence-electron chi connectivity index (χ1n) is 9.58. The van der Waals surface area contributed by atoms with Gasteiger partial charge in [-0.25, -0.2) is 0 Å². The van der Waals surface area contributed by atoms with Crippen LogP contribution in [0, 0.1) is 20.8 Å². The first-order valence-corrected chi connectivity index (χ1v) is 9.58. The molecule has 3 aromatic rings. The Bertz CT molecular complexity index is 975. The van der Waals surface area contributed by atoms with Crippen LogP contribution in [0.5, 0.6) is 0 Å². The van der Waals surface area contributed by atoms with Crippen LogP contribution in [0.2, 0.25) is 0 Å². The highest BCUT2D eigenvalue weighted by molar-refractivity contribution is 6.02. The van der Waals surface area contributed by atoms with Crippen LogP contribution in [0.4, 0.5) is 0 Å². The zero-order valence-electron chi connectivity index (χ0n) is 16.2. The highest BCUT2D eigenvalue weighted by atomic mass is 16.5. The van der Waals surface area contributed by atoms with E-state index < -0.39 is 0 Å². The zero-order chi connectivity index (χ0) is 19.0. The van der Waals surface area contributed by atoms with Crippen molar-refractivity contribution < 1.29 is 9.53 Å². The van der Waals surface area contributed by atoms with Gasteiger partial charge in [-0.05, 0) is 43.0 Å². The number of H-pyrrole nitrogens is 1. The van der Waals surface area contributed by atoms with Crippen molar-refractivity contribution in [2.75, 3.05) is 19.7 Å². The molecule has 4 nitrogen and oxygen atoms in total. The molecule has 0 spiro atoms. The van der Waals surface area contributed by atoms with Crippen molar-refractivity contribution in [3.05, 3.63) is 70.4 Å². The number of nitrogens with zero attached hydrogens (tertiary/aromatic N) is 1. The van der Waals surface area contributed by atoms with Gasteiger partial charge in [0.2, 0.25) is 0 Å². The number of carbonyl (C=O) groups excluding carboxylic acids is 1. The van der Waals surface area contributed by atoms with Crippen molar-refractivity contribution >= 4 is 16.8 Å². The molecule has 0 saturated carbocycles. The molecule has 2 aromatic carbocycles. The van der Waals surface area contributed by atoms with Crippen LogP contribution < -0.4 is 0 Å². The molecule has 1 aliphatic rings. The number of morpholine rings is 1. The average Bonchev–Trinajstić information content (AvgIpc) is 3.04. The second kappa shape index (κ2) is 7.20. The standard InChI is InChI=1S/C23H26N2O2/c1-15-9-10-16(2)21-20(15)17(3)22(24-21)23(26)25-11-12-27-19(14-25)13-18-7-5-4-6-8-18/h4-10,19,24H,11-14H2,1-3H3/t19-/m0/s1. The third kappa shape index (κ3) is 3.37. The van der Waals surface area contributed by atoms with Crippen molar-refractivity contribution in [3.8, 4) is 0 Å². The van der Waals surface area contributed by atoms with Crippen LogP contribution in [0.25, 0.3) is 10.9 Å². The van der Waals surface area contributed by atoms with Crippen LogP contribution in [0.15, 0.2) is 42.5 Å². The largest absolute Gasteiger partial charge is 0.374 e. The predicted octanol–water partition coefficient (Wildman–Crippen LogP) is 4.18. The highest BCUT2D eigenvalue weighted by Gasteiger charge is 2.28. The normalized spacial score (nSPS) is 17.4. The summed E-state index contributed by atoms with van der Waals surface area (Å²) in [5.41, 5.74) is 6.44. The van der Waals surface area contributed by atoms with Crippen molar-refractivity contribution in [1.82, 2.24) is 9.88 Å². The second-order valence-electron chi connectivity index (χ2n) is 7.51. The van der Waals surface area contributed by atoms with Gasteiger partial charge in [-0.1, -0.05) is 42.5 Å². The number of benzene rings is 2. The first kappa shape index (κ1) is 17.8. The second-order valence-corrected chi connectivity index (χ2v) is 7.51. The molecule has 1 amide bonds. The van der Waals surface area contributed by atoms with Gasteiger partial charge < -0.3 is 14.6 Å². The fraction of sp³-hybridized carbons (Fsp3) is 0.348. The summed E-state index contributed by atoms with van der Waals surface area (Å²) in [6.07, 6.45) is 0.868. The molecule has 4 rings (SSSR count). The van der Waals surface area contributed by atoms with E-state index in [9.17, 15) is 4.79 Å². The summed E-state index contributed by atoms with van der Waals surface area (Å²) in [6.45, 7) is 8.07. The number of hydrogen-bond donors (Lipinski definition) is 1. The molecule has 0 unspecified atom stereocenters. The molecule has 27 heavy (non-hydrogen) atoms. The van der Waals surface area contributed by atoms with Gasteiger partial charge in [0, 0.05) is 30.4 Å². The summed E-state index contributed by atoms with van der Waals surface area (Å²) < 4.78 is 5.92. The molecule has 1 aromatic heterocycles. The van der Waals surface area contributed by atoms with E-state index in [1.165, 1.54) is 22.1 Å². The van der Waals surface area contributed by atoms with Crippen molar-refractivity contribution in [2.24, 2.45) is 0 Å². The number of rotatable bonds is 3. The topological polar surface area (TPSA) is 45.3 Å². The lowest BCUT2D eigenvalue weighted by Crippen LogP contribution is -2.46. The predicted molar refractivity (Wildman–Crippen MR) is 108 cm³/mol. The van der Waals surface area contributed by atoms with E-state index in [0.29, 0.717) is 25.4 Å². The summed E-state index contributed by atoms with van der Waals surface area (Å²) in [5.74, 6) is 0.0730. The van der Waals surface area contributed by atoms with Crippen molar-refractivity contribution in [2.45, 2.75) is 33.3 Å². The van der Waals surface area contributed by atoms with Crippen molar-refractivity contribution in [1.29, 1.82) is 0 Å². The minimum atomic E-state index is 0.0401. The molecule has 140 valence electrons. The van der Waals surface area contributed by atoms with Gasteiger partial charge in [0.1, 0.15) is 5.69 Å². The molecular weight excluding hydrogens is 336 g/mol. The van der Waals surface area contributed by atoms with Gasteiger partial charge in [-0.2, -0.15) is 0 Å². The number of hydrogen-bond acceptors (Lipinski definition) is 2. The number of aromatic nitrogens is 1. The molecule has 0 aliphatic carbocycles. The average molecular weight is 362 g/mol. The smallest absolute Gasteiger partial charge is 0.270 e. The highest BCUT2D eigenvalue weighted by Crippen LogP contribution is 2.28. The molecule has 1 atom stereocenters. The minimum absolute atomic E-state index is 0.0401.